The van der Waals surface area contributed by atoms with E-state index in [1.807, 2.05) is 36.4 Å². The van der Waals surface area contributed by atoms with Gasteiger partial charge in [0.1, 0.15) is 5.75 Å². The third kappa shape index (κ3) is 4.62. The number of rotatable bonds is 7. The van der Waals surface area contributed by atoms with Crippen molar-refractivity contribution in [1.29, 1.82) is 0 Å². The van der Waals surface area contributed by atoms with Crippen LogP contribution in [0.5, 0.6) is 17.2 Å². The van der Waals surface area contributed by atoms with Crippen molar-refractivity contribution < 1.29 is 14.6 Å². The summed E-state index contributed by atoms with van der Waals surface area (Å²) in [5.41, 5.74) is 6.77. The summed E-state index contributed by atoms with van der Waals surface area (Å²) in [6.07, 6.45) is 3.45. The molecule has 2 heterocycles. The van der Waals surface area contributed by atoms with Gasteiger partial charge < -0.3 is 19.5 Å². The molecule has 3 aromatic carbocycles. The predicted octanol–water partition coefficient (Wildman–Crippen LogP) is 4.89. The standard InChI is InChI=1S/C33H33N3O4S/c1-5-35(6-2)23-14-11-21(26(37)19-23)18-29-32(38)36-31(22-13-16-27(39-3)28(17-22)40-4)25-15-12-20-9-7-8-10-24(20)30(25)34-33(36)41-29/h7-11,13-14,16-19,31,37H,5-6,12,15H2,1-4H3/b29-18-/t31-/m0/s1. The number of benzene rings is 3. The Balaban J connectivity index is 1.55. The number of ether oxygens (including phenoxy) is 2. The molecule has 6 rings (SSSR count). The van der Waals surface area contributed by atoms with E-state index in [0.29, 0.717) is 26.4 Å². The first-order valence-electron chi connectivity index (χ1n) is 13.9. The molecule has 0 saturated heterocycles. The zero-order valence-electron chi connectivity index (χ0n) is 23.7. The van der Waals surface area contributed by atoms with Crippen LogP contribution in [0.15, 0.2) is 76.0 Å². The van der Waals surface area contributed by atoms with Gasteiger partial charge in [0, 0.05) is 36.0 Å². The van der Waals surface area contributed by atoms with Crippen molar-refractivity contribution >= 4 is 28.8 Å². The average Bonchev–Trinajstić information content (AvgIpc) is 3.31. The molecule has 1 N–H and O–H groups in total. The highest BCUT2D eigenvalue weighted by molar-refractivity contribution is 7.07. The topological polar surface area (TPSA) is 76.3 Å². The summed E-state index contributed by atoms with van der Waals surface area (Å²) in [7, 11) is 3.23. The molecule has 8 heteroatoms. The summed E-state index contributed by atoms with van der Waals surface area (Å²) < 4.78 is 13.4. The number of nitrogens with zero attached hydrogens (tertiary/aromatic N) is 3. The fourth-order valence-electron chi connectivity index (χ4n) is 5.93. The first-order chi connectivity index (χ1) is 20.0. The minimum atomic E-state index is -0.338. The Bertz CT molecular complexity index is 1850. The average molecular weight is 568 g/mol. The molecular formula is C33H33N3O4S. The number of hydrogen-bond acceptors (Lipinski definition) is 7. The second-order valence-electron chi connectivity index (χ2n) is 10.1. The fraction of sp³-hybridized carbons (Fsp3) is 0.273. The minimum absolute atomic E-state index is 0.133. The number of aryl methyl sites for hydroxylation is 1. The molecule has 210 valence electrons. The molecule has 41 heavy (non-hydrogen) atoms. The van der Waals surface area contributed by atoms with Gasteiger partial charge in [-0.1, -0.05) is 41.7 Å². The van der Waals surface area contributed by atoms with Crippen molar-refractivity contribution in [2.75, 3.05) is 32.2 Å². The second kappa shape index (κ2) is 10.9. The second-order valence-corrected chi connectivity index (χ2v) is 11.2. The van der Waals surface area contributed by atoms with Gasteiger partial charge in [0.2, 0.25) is 0 Å². The number of phenolic OH excluding ortho intramolecular Hbond substituents is 1. The van der Waals surface area contributed by atoms with Gasteiger partial charge in [0.25, 0.3) is 5.56 Å². The number of anilines is 1. The lowest BCUT2D eigenvalue weighted by Gasteiger charge is -2.31. The van der Waals surface area contributed by atoms with Gasteiger partial charge in [-0.3, -0.25) is 9.36 Å². The Hall–Kier alpha value is -4.30. The third-order valence-corrected chi connectivity index (χ3v) is 9.01. The lowest BCUT2D eigenvalue weighted by molar-refractivity contribution is 0.354. The van der Waals surface area contributed by atoms with Crippen LogP contribution in [0.4, 0.5) is 5.69 Å². The molecule has 0 fully saturated rings. The Morgan fingerprint density at radius 1 is 1.02 bits per heavy atom. The SMILES string of the molecule is CCN(CC)c1ccc(/C=c2\sc3n(c2=O)[C@@H](c2ccc(OC)c(OC)c2)C2=C(N=3)c3ccccc3CC2)c(O)c1. The predicted molar refractivity (Wildman–Crippen MR) is 164 cm³/mol. The van der Waals surface area contributed by atoms with Crippen LogP contribution in [0.1, 0.15) is 48.6 Å². The molecule has 0 spiro atoms. The molecule has 0 bridgehead atoms. The molecule has 7 nitrogen and oxygen atoms in total. The number of thiazole rings is 1. The molecule has 0 radical (unpaired) electrons. The van der Waals surface area contributed by atoms with E-state index in [9.17, 15) is 9.90 Å². The van der Waals surface area contributed by atoms with Gasteiger partial charge in [0.05, 0.1) is 30.5 Å². The Morgan fingerprint density at radius 2 is 1.80 bits per heavy atom. The Morgan fingerprint density at radius 3 is 2.54 bits per heavy atom. The number of allylic oxidation sites excluding steroid dienone is 1. The van der Waals surface area contributed by atoms with Crippen molar-refractivity contribution in [3.05, 3.63) is 108 Å². The van der Waals surface area contributed by atoms with Crippen LogP contribution < -0.4 is 29.3 Å². The normalized spacial score (nSPS) is 16.0. The molecule has 1 aromatic heterocycles. The van der Waals surface area contributed by atoms with Gasteiger partial charge in [-0.05, 0) is 73.7 Å². The van der Waals surface area contributed by atoms with E-state index >= 15 is 0 Å². The quantitative estimate of drug-likeness (QED) is 0.344. The van der Waals surface area contributed by atoms with Gasteiger partial charge >= 0.3 is 0 Å². The monoisotopic (exact) mass is 567 g/mol. The maximum atomic E-state index is 14.1. The molecule has 0 amide bonds. The largest absolute Gasteiger partial charge is 0.507 e. The van der Waals surface area contributed by atoms with Gasteiger partial charge in [-0.15, -0.1) is 0 Å². The van der Waals surface area contributed by atoms with Crippen molar-refractivity contribution in [2.45, 2.75) is 32.7 Å². The smallest absolute Gasteiger partial charge is 0.271 e. The zero-order valence-corrected chi connectivity index (χ0v) is 24.5. The molecule has 0 saturated carbocycles. The summed E-state index contributed by atoms with van der Waals surface area (Å²) in [6, 6.07) is 19.5. The molecule has 2 aliphatic rings. The first kappa shape index (κ1) is 26.9. The number of fused-ring (bicyclic) bond motifs is 3. The van der Waals surface area contributed by atoms with Crippen molar-refractivity contribution in [3.63, 3.8) is 0 Å². The lowest BCUT2D eigenvalue weighted by Crippen LogP contribution is -2.38. The van der Waals surface area contributed by atoms with E-state index in [0.717, 1.165) is 54.0 Å². The van der Waals surface area contributed by atoms with Crippen LogP contribution in [0, 0.1) is 0 Å². The maximum Gasteiger partial charge on any atom is 0.271 e. The van der Waals surface area contributed by atoms with Crippen LogP contribution in [-0.4, -0.2) is 37.0 Å². The van der Waals surface area contributed by atoms with Crippen molar-refractivity contribution in [3.8, 4) is 17.2 Å². The highest BCUT2D eigenvalue weighted by Crippen LogP contribution is 2.42. The fourth-order valence-corrected chi connectivity index (χ4v) is 6.92. The maximum absolute atomic E-state index is 14.1. The molecule has 4 aromatic rings. The van der Waals surface area contributed by atoms with Crippen LogP contribution in [0.2, 0.25) is 0 Å². The lowest BCUT2D eigenvalue weighted by atomic mass is 9.83. The number of hydrogen-bond donors (Lipinski definition) is 1. The highest BCUT2D eigenvalue weighted by atomic mass is 32.1. The van der Waals surface area contributed by atoms with Gasteiger partial charge in [-0.2, -0.15) is 0 Å². The number of aromatic nitrogens is 1. The summed E-state index contributed by atoms with van der Waals surface area (Å²) >= 11 is 1.35. The van der Waals surface area contributed by atoms with E-state index in [-0.39, 0.29) is 17.4 Å². The molecule has 0 unspecified atom stereocenters. The summed E-state index contributed by atoms with van der Waals surface area (Å²) in [5.74, 6) is 1.39. The summed E-state index contributed by atoms with van der Waals surface area (Å²) in [4.78, 5) is 22.0. The van der Waals surface area contributed by atoms with Crippen LogP contribution in [0.25, 0.3) is 11.8 Å². The van der Waals surface area contributed by atoms with E-state index < -0.39 is 0 Å². The number of aromatic hydroxyl groups is 1. The molecule has 1 aliphatic carbocycles. The Labute approximate surface area is 242 Å². The Kier molecular flexibility index (Phi) is 7.17. The third-order valence-electron chi connectivity index (χ3n) is 8.03. The summed E-state index contributed by atoms with van der Waals surface area (Å²) in [5, 5.41) is 10.9. The van der Waals surface area contributed by atoms with Gasteiger partial charge in [0.15, 0.2) is 16.3 Å². The molecular weight excluding hydrogens is 534 g/mol. The van der Waals surface area contributed by atoms with E-state index in [2.05, 4.69) is 36.9 Å². The first-order valence-corrected chi connectivity index (χ1v) is 14.7. The van der Waals surface area contributed by atoms with Crippen LogP contribution in [0.3, 0.4) is 0 Å². The van der Waals surface area contributed by atoms with E-state index in [1.54, 1.807) is 30.9 Å². The van der Waals surface area contributed by atoms with E-state index in [4.69, 9.17) is 14.5 Å². The molecule has 1 aliphatic heterocycles. The number of methoxy groups -OCH3 is 2. The highest BCUT2D eigenvalue weighted by Gasteiger charge is 2.33. The zero-order chi connectivity index (χ0) is 28.7. The number of phenols is 1. The van der Waals surface area contributed by atoms with Crippen molar-refractivity contribution in [2.24, 2.45) is 4.99 Å². The minimum Gasteiger partial charge on any atom is -0.507 e. The van der Waals surface area contributed by atoms with Crippen molar-refractivity contribution in [1.82, 2.24) is 4.57 Å². The summed E-state index contributed by atoms with van der Waals surface area (Å²) in [6.45, 7) is 5.86. The molecule has 1 atom stereocenters. The van der Waals surface area contributed by atoms with Gasteiger partial charge in [-0.25, -0.2) is 4.99 Å². The van der Waals surface area contributed by atoms with Crippen LogP contribution in [-0.2, 0) is 6.42 Å². The van der Waals surface area contributed by atoms with E-state index in [1.165, 1.54) is 16.9 Å². The van der Waals surface area contributed by atoms with Crippen LogP contribution >= 0.6 is 11.3 Å².